The normalized spacial score (nSPS) is 11.0. The molecule has 0 aliphatic heterocycles. The highest BCUT2D eigenvalue weighted by Gasteiger charge is 2.15. The van der Waals surface area contributed by atoms with Crippen molar-refractivity contribution in [3.05, 3.63) is 131 Å². The number of hydrogen-bond acceptors (Lipinski definition) is 4. The number of hydrogen-bond donors (Lipinski definition) is 3. The third-order valence-corrected chi connectivity index (χ3v) is 6.76. The van der Waals surface area contributed by atoms with E-state index in [1.165, 1.54) is 11.8 Å². The van der Waals surface area contributed by atoms with Crippen molar-refractivity contribution >= 4 is 58.5 Å². The lowest BCUT2D eigenvalue weighted by molar-refractivity contribution is -0.114. The summed E-state index contributed by atoms with van der Waals surface area (Å²) in [7, 11) is 0. The Hall–Kier alpha value is -4.33. The molecule has 0 saturated heterocycles. The molecule has 0 aromatic heterocycles. The zero-order valence-electron chi connectivity index (χ0n) is 21.1. The molecule has 0 radical (unpaired) electrons. The molecule has 39 heavy (non-hydrogen) atoms. The van der Waals surface area contributed by atoms with Crippen LogP contribution in [0.1, 0.15) is 21.5 Å². The van der Waals surface area contributed by atoms with Gasteiger partial charge in [0.15, 0.2) is 0 Å². The molecule has 0 heterocycles. The molecule has 3 amide bonds. The summed E-state index contributed by atoms with van der Waals surface area (Å²) in [6, 6.07) is 30.4. The van der Waals surface area contributed by atoms with Crippen molar-refractivity contribution in [3.8, 4) is 0 Å². The number of nitrogens with one attached hydrogen (secondary N) is 3. The fourth-order valence-corrected chi connectivity index (χ4v) is 4.39. The van der Waals surface area contributed by atoms with E-state index >= 15 is 0 Å². The first-order valence-electron chi connectivity index (χ1n) is 12.1. The van der Waals surface area contributed by atoms with Gasteiger partial charge < -0.3 is 16.0 Å². The summed E-state index contributed by atoms with van der Waals surface area (Å²) in [6.07, 6.45) is 1.59. The molecular formula is C31H26ClN3O3S. The van der Waals surface area contributed by atoms with Crippen LogP contribution in [0.15, 0.2) is 114 Å². The van der Waals surface area contributed by atoms with Gasteiger partial charge in [0.1, 0.15) is 5.70 Å². The maximum Gasteiger partial charge on any atom is 0.272 e. The van der Waals surface area contributed by atoms with Crippen LogP contribution in [0.25, 0.3) is 6.08 Å². The summed E-state index contributed by atoms with van der Waals surface area (Å²) in [5.41, 5.74) is 3.60. The molecule has 6 nitrogen and oxygen atoms in total. The summed E-state index contributed by atoms with van der Waals surface area (Å²) in [5, 5.41) is 8.99. The van der Waals surface area contributed by atoms with E-state index in [9.17, 15) is 14.4 Å². The molecule has 196 valence electrons. The Balaban J connectivity index is 1.40. The summed E-state index contributed by atoms with van der Waals surface area (Å²) in [5.74, 6) is -0.734. The molecule has 0 aliphatic rings. The predicted molar refractivity (Wildman–Crippen MR) is 159 cm³/mol. The van der Waals surface area contributed by atoms with Crippen LogP contribution < -0.4 is 16.0 Å². The van der Waals surface area contributed by atoms with Gasteiger partial charge in [-0.05, 0) is 84.8 Å². The van der Waals surface area contributed by atoms with Crippen LogP contribution in [0.2, 0.25) is 5.02 Å². The average molecular weight is 556 g/mol. The highest BCUT2D eigenvalue weighted by Crippen LogP contribution is 2.22. The topological polar surface area (TPSA) is 87.3 Å². The van der Waals surface area contributed by atoms with E-state index in [1.807, 2.05) is 49.4 Å². The minimum Gasteiger partial charge on any atom is -0.325 e. The molecule has 8 heteroatoms. The van der Waals surface area contributed by atoms with Gasteiger partial charge in [-0.25, -0.2) is 0 Å². The SMILES string of the molecule is Cc1cccc(NC(=O)CSc2ccc(NC(=O)/C(=C/c3ccc(Cl)cc3)NC(=O)c3ccccc3)cc2)c1. The van der Waals surface area contributed by atoms with Crippen molar-refractivity contribution in [1.29, 1.82) is 0 Å². The first-order chi connectivity index (χ1) is 18.9. The highest BCUT2D eigenvalue weighted by molar-refractivity contribution is 8.00. The van der Waals surface area contributed by atoms with E-state index in [1.54, 1.807) is 66.7 Å². The second kappa shape index (κ2) is 13.5. The maximum absolute atomic E-state index is 13.2. The number of aryl methyl sites for hydroxylation is 1. The van der Waals surface area contributed by atoms with Crippen molar-refractivity contribution in [3.63, 3.8) is 0 Å². The van der Waals surface area contributed by atoms with E-state index in [0.717, 1.165) is 16.1 Å². The van der Waals surface area contributed by atoms with Crippen LogP contribution in [-0.4, -0.2) is 23.5 Å². The zero-order chi connectivity index (χ0) is 27.6. The Morgan fingerprint density at radius 2 is 1.51 bits per heavy atom. The van der Waals surface area contributed by atoms with Crippen LogP contribution in [0, 0.1) is 6.92 Å². The summed E-state index contributed by atoms with van der Waals surface area (Å²) in [6.45, 7) is 1.97. The smallest absolute Gasteiger partial charge is 0.272 e. The molecule has 0 atom stereocenters. The number of thioether (sulfide) groups is 1. The molecule has 0 fully saturated rings. The van der Waals surface area contributed by atoms with Crippen molar-refractivity contribution in [1.82, 2.24) is 5.32 Å². The van der Waals surface area contributed by atoms with E-state index in [-0.39, 0.29) is 17.4 Å². The molecule has 0 unspecified atom stereocenters. The van der Waals surface area contributed by atoms with Crippen molar-refractivity contribution in [2.24, 2.45) is 0 Å². The first kappa shape index (κ1) is 27.7. The Bertz CT molecular complexity index is 1490. The summed E-state index contributed by atoms with van der Waals surface area (Å²) >= 11 is 7.37. The lowest BCUT2D eigenvalue weighted by Crippen LogP contribution is -2.30. The second-order valence-corrected chi connectivity index (χ2v) is 10.1. The Kier molecular flexibility index (Phi) is 9.56. The molecule has 0 saturated carbocycles. The minimum absolute atomic E-state index is 0.0810. The number of amides is 3. The second-order valence-electron chi connectivity index (χ2n) is 8.61. The van der Waals surface area contributed by atoms with E-state index in [2.05, 4.69) is 16.0 Å². The molecule has 4 aromatic rings. The first-order valence-corrected chi connectivity index (χ1v) is 13.5. The number of carbonyl (C=O) groups excluding carboxylic acids is 3. The van der Waals surface area contributed by atoms with Crippen LogP contribution in [0.5, 0.6) is 0 Å². The van der Waals surface area contributed by atoms with Gasteiger partial charge in [-0.3, -0.25) is 14.4 Å². The van der Waals surface area contributed by atoms with Gasteiger partial charge in [-0.15, -0.1) is 11.8 Å². The van der Waals surface area contributed by atoms with Crippen LogP contribution >= 0.6 is 23.4 Å². The number of anilines is 2. The van der Waals surface area contributed by atoms with Gasteiger partial charge in [0.25, 0.3) is 11.8 Å². The lowest BCUT2D eigenvalue weighted by atomic mass is 10.1. The third-order valence-electron chi connectivity index (χ3n) is 5.49. The highest BCUT2D eigenvalue weighted by atomic mass is 35.5. The molecule has 0 spiro atoms. The largest absolute Gasteiger partial charge is 0.325 e. The average Bonchev–Trinajstić information content (AvgIpc) is 2.94. The summed E-state index contributed by atoms with van der Waals surface area (Å²) < 4.78 is 0. The zero-order valence-corrected chi connectivity index (χ0v) is 22.7. The third kappa shape index (κ3) is 8.60. The minimum atomic E-state index is -0.479. The van der Waals surface area contributed by atoms with Gasteiger partial charge >= 0.3 is 0 Å². The van der Waals surface area contributed by atoms with E-state index in [4.69, 9.17) is 11.6 Å². The monoisotopic (exact) mass is 555 g/mol. The number of rotatable bonds is 9. The quantitative estimate of drug-likeness (QED) is 0.157. The van der Waals surface area contributed by atoms with Gasteiger partial charge in [0, 0.05) is 26.9 Å². The van der Waals surface area contributed by atoms with Crippen LogP contribution in [0.3, 0.4) is 0 Å². The molecule has 4 rings (SSSR count). The van der Waals surface area contributed by atoms with Crippen LogP contribution in [-0.2, 0) is 9.59 Å². The maximum atomic E-state index is 13.2. The standard InChI is InChI=1S/C31H26ClN3O3S/c1-21-6-5-9-26(18-21)33-29(36)20-39-27-16-14-25(15-17-27)34-31(38)28(19-22-10-12-24(32)13-11-22)35-30(37)23-7-3-2-4-8-23/h2-19H,20H2,1H3,(H,33,36)(H,34,38)(H,35,37)/b28-19-. The van der Waals surface area contributed by atoms with Crippen molar-refractivity contribution in [2.75, 3.05) is 16.4 Å². The number of carbonyl (C=O) groups is 3. The molecular weight excluding hydrogens is 530 g/mol. The van der Waals surface area contributed by atoms with Gasteiger partial charge in [0.2, 0.25) is 5.91 Å². The van der Waals surface area contributed by atoms with E-state index in [0.29, 0.717) is 21.8 Å². The van der Waals surface area contributed by atoms with Crippen molar-refractivity contribution in [2.45, 2.75) is 11.8 Å². The molecule has 0 aliphatic carbocycles. The van der Waals surface area contributed by atoms with Gasteiger partial charge in [0.05, 0.1) is 5.75 Å². The number of benzene rings is 4. The van der Waals surface area contributed by atoms with Crippen LogP contribution in [0.4, 0.5) is 11.4 Å². The van der Waals surface area contributed by atoms with Gasteiger partial charge in [-0.1, -0.05) is 54.1 Å². The Morgan fingerprint density at radius 1 is 0.795 bits per heavy atom. The Labute approximate surface area is 236 Å². The van der Waals surface area contributed by atoms with Crippen molar-refractivity contribution < 1.29 is 14.4 Å². The predicted octanol–water partition coefficient (Wildman–Crippen LogP) is 6.79. The molecule has 0 bridgehead atoms. The van der Waals surface area contributed by atoms with E-state index < -0.39 is 11.8 Å². The number of halogens is 1. The fourth-order valence-electron chi connectivity index (χ4n) is 3.57. The Morgan fingerprint density at radius 3 is 2.21 bits per heavy atom. The van der Waals surface area contributed by atoms with Gasteiger partial charge in [-0.2, -0.15) is 0 Å². The molecule has 4 aromatic carbocycles. The fraction of sp³-hybridized carbons (Fsp3) is 0.0645. The lowest BCUT2D eigenvalue weighted by Gasteiger charge is -2.12. The summed E-state index contributed by atoms with van der Waals surface area (Å²) in [4.78, 5) is 39.1. The molecule has 3 N–H and O–H groups in total.